The summed E-state index contributed by atoms with van der Waals surface area (Å²) in [6, 6.07) is 10.7. The normalized spacial score (nSPS) is 10.1. The maximum Gasteiger partial charge on any atom is 0.254 e. The van der Waals surface area contributed by atoms with E-state index in [0.29, 0.717) is 12.2 Å². The Morgan fingerprint density at radius 1 is 1.22 bits per heavy atom. The van der Waals surface area contributed by atoms with Gasteiger partial charge in [-0.15, -0.1) is 0 Å². The Morgan fingerprint density at radius 3 is 2.61 bits per heavy atom. The number of hydrogen-bond donors (Lipinski definition) is 2. The molecule has 0 bridgehead atoms. The van der Waals surface area contributed by atoms with Gasteiger partial charge in [0.05, 0.1) is 6.61 Å². The van der Waals surface area contributed by atoms with Crippen molar-refractivity contribution in [3.05, 3.63) is 54.4 Å². The zero-order chi connectivity index (χ0) is 16.7. The van der Waals surface area contributed by atoms with E-state index in [1.165, 1.54) is 6.92 Å². The van der Waals surface area contributed by atoms with Crippen molar-refractivity contribution >= 4 is 17.5 Å². The van der Waals surface area contributed by atoms with Crippen LogP contribution >= 0.6 is 0 Å². The van der Waals surface area contributed by atoms with Gasteiger partial charge >= 0.3 is 0 Å². The molecule has 0 radical (unpaired) electrons. The second kappa shape index (κ2) is 7.93. The van der Waals surface area contributed by atoms with E-state index in [0.717, 1.165) is 24.4 Å². The Kier molecular flexibility index (Phi) is 5.68. The van der Waals surface area contributed by atoms with Crippen molar-refractivity contribution < 1.29 is 18.9 Å². The fraction of sp³-hybridized carbons (Fsp3) is 0.235. The third-order valence-electron chi connectivity index (χ3n) is 3.15. The minimum atomic E-state index is -0.435. The highest BCUT2D eigenvalue weighted by Gasteiger charge is 2.07. The Bertz CT molecular complexity index is 684. The molecule has 0 atom stereocenters. The summed E-state index contributed by atoms with van der Waals surface area (Å²) in [5.74, 6) is 0.207. The van der Waals surface area contributed by atoms with Crippen molar-refractivity contribution in [1.82, 2.24) is 0 Å². The summed E-state index contributed by atoms with van der Waals surface area (Å²) in [6.07, 6.45) is 4.40. The molecule has 1 aromatic heterocycles. The lowest BCUT2D eigenvalue weighted by Gasteiger charge is -2.06. The molecule has 0 spiro atoms. The summed E-state index contributed by atoms with van der Waals surface area (Å²) in [5, 5.41) is 2.70. The maximum atomic E-state index is 11.1. The monoisotopic (exact) mass is 314 g/mol. The quantitative estimate of drug-likeness (QED) is 0.600. The average molecular weight is 314 g/mol. The lowest BCUT2D eigenvalue weighted by atomic mass is 10.2. The topological polar surface area (TPSA) is 85.3 Å². The highest BCUT2D eigenvalue weighted by Crippen LogP contribution is 2.15. The van der Waals surface area contributed by atoms with Gasteiger partial charge in [-0.05, 0) is 30.3 Å². The summed E-state index contributed by atoms with van der Waals surface area (Å²) in [6.45, 7) is 2.74. The Hall–Kier alpha value is -2.89. The second-order valence-electron chi connectivity index (χ2n) is 5.10. The van der Waals surface area contributed by atoms with Gasteiger partial charge in [-0.2, -0.15) is 0 Å². The molecule has 120 valence electrons. The van der Waals surface area contributed by atoms with Crippen LogP contribution in [0.2, 0.25) is 0 Å². The van der Waals surface area contributed by atoms with Crippen molar-refractivity contribution in [2.75, 3.05) is 11.9 Å². The van der Waals surface area contributed by atoms with Gasteiger partial charge in [-0.25, -0.2) is 4.57 Å². The van der Waals surface area contributed by atoms with Crippen LogP contribution in [0.25, 0.3) is 0 Å². The van der Waals surface area contributed by atoms with E-state index in [-0.39, 0.29) is 5.91 Å². The predicted molar refractivity (Wildman–Crippen MR) is 86.0 cm³/mol. The minimum absolute atomic E-state index is 0.103. The number of hydrogen-bond acceptors (Lipinski definition) is 3. The first-order valence-corrected chi connectivity index (χ1v) is 7.34. The summed E-state index contributed by atoms with van der Waals surface area (Å²) in [5.41, 5.74) is 6.48. The Morgan fingerprint density at radius 2 is 1.96 bits per heavy atom. The number of rotatable bonds is 7. The number of aryl methyl sites for hydroxylation is 1. The number of amides is 2. The van der Waals surface area contributed by atoms with Crippen LogP contribution in [0.15, 0.2) is 48.8 Å². The van der Waals surface area contributed by atoms with Crippen molar-refractivity contribution in [2.24, 2.45) is 5.73 Å². The Labute approximate surface area is 134 Å². The van der Waals surface area contributed by atoms with Gasteiger partial charge in [0.15, 0.2) is 18.9 Å². The van der Waals surface area contributed by atoms with E-state index in [1.807, 2.05) is 22.9 Å². The van der Waals surface area contributed by atoms with E-state index >= 15 is 0 Å². The SMILES string of the molecule is CC(=O)Nc1ccc(OCCC[n+]2cccc(C(N)=O)c2)cc1. The third kappa shape index (κ3) is 5.43. The van der Waals surface area contributed by atoms with Gasteiger partial charge in [0, 0.05) is 25.1 Å². The van der Waals surface area contributed by atoms with Crippen LogP contribution in [0.5, 0.6) is 5.75 Å². The molecule has 0 aliphatic heterocycles. The van der Waals surface area contributed by atoms with Gasteiger partial charge in [0.1, 0.15) is 11.3 Å². The van der Waals surface area contributed by atoms with Crippen LogP contribution in [-0.2, 0) is 11.3 Å². The first-order chi connectivity index (χ1) is 11.0. The molecule has 23 heavy (non-hydrogen) atoms. The predicted octanol–water partition coefficient (Wildman–Crippen LogP) is 1.50. The van der Waals surface area contributed by atoms with E-state index in [9.17, 15) is 9.59 Å². The standard InChI is InChI=1S/C17H19N3O3/c1-13(21)19-15-5-7-16(8-6-15)23-11-3-10-20-9-2-4-14(12-20)17(18)22/h2,4-9,12H,3,10-11H2,1H3,(H2-,18,19,21,22)/p+1. The number of benzene rings is 1. The number of nitrogens with zero attached hydrogens (tertiary/aromatic N) is 1. The zero-order valence-corrected chi connectivity index (χ0v) is 13.0. The number of anilines is 1. The van der Waals surface area contributed by atoms with Crippen LogP contribution in [-0.4, -0.2) is 18.4 Å². The molecule has 6 nitrogen and oxygen atoms in total. The highest BCUT2D eigenvalue weighted by atomic mass is 16.5. The van der Waals surface area contributed by atoms with E-state index in [4.69, 9.17) is 10.5 Å². The third-order valence-corrected chi connectivity index (χ3v) is 3.15. The molecule has 2 amide bonds. The fourth-order valence-corrected chi connectivity index (χ4v) is 2.08. The second-order valence-corrected chi connectivity index (χ2v) is 5.10. The minimum Gasteiger partial charge on any atom is -0.493 e. The summed E-state index contributed by atoms with van der Waals surface area (Å²) < 4.78 is 7.55. The van der Waals surface area contributed by atoms with Crippen LogP contribution < -0.4 is 20.4 Å². The van der Waals surface area contributed by atoms with Crippen molar-refractivity contribution in [3.8, 4) is 5.75 Å². The fourth-order valence-electron chi connectivity index (χ4n) is 2.08. The molecule has 1 heterocycles. The molecular weight excluding hydrogens is 294 g/mol. The number of aromatic nitrogens is 1. The smallest absolute Gasteiger partial charge is 0.254 e. The average Bonchev–Trinajstić information content (AvgIpc) is 2.53. The molecule has 0 fully saturated rings. The lowest BCUT2D eigenvalue weighted by molar-refractivity contribution is -0.697. The summed E-state index contributed by atoms with van der Waals surface area (Å²) >= 11 is 0. The number of ether oxygens (including phenoxy) is 1. The maximum absolute atomic E-state index is 11.1. The molecule has 0 aliphatic rings. The molecule has 2 aromatic rings. The Balaban J connectivity index is 1.78. The van der Waals surface area contributed by atoms with Crippen LogP contribution in [0.3, 0.4) is 0 Å². The van der Waals surface area contributed by atoms with Gasteiger partial charge < -0.3 is 15.8 Å². The molecule has 6 heteroatoms. The summed E-state index contributed by atoms with van der Waals surface area (Å²) in [4.78, 5) is 22.1. The van der Waals surface area contributed by atoms with Crippen molar-refractivity contribution in [1.29, 1.82) is 0 Å². The molecule has 3 N–H and O–H groups in total. The van der Waals surface area contributed by atoms with Gasteiger partial charge in [-0.3, -0.25) is 9.59 Å². The first-order valence-electron chi connectivity index (χ1n) is 7.34. The molecule has 0 saturated carbocycles. The largest absolute Gasteiger partial charge is 0.493 e. The van der Waals surface area contributed by atoms with E-state index in [1.54, 1.807) is 30.5 Å². The van der Waals surface area contributed by atoms with Gasteiger partial charge in [0.25, 0.3) is 5.91 Å². The molecule has 1 aromatic carbocycles. The molecule has 0 unspecified atom stereocenters. The van der Waals surface area contributed by atoms with Gasteiger partial charge in [-0.1, -0.05) is 0 Å². The molecule has 0 saturated heterocycles. The molecular formula is C17H20N3O3+. The van der Waals surface area contributed by atoms with Crippen LogP contribution in [0, 0.1) is 0 Å². The number of nitrogens with two attached hydrogens (primary N) is 1. The summed E-state index contributed by atoms with van der Waals surface area (Å²) in [7, 11) is 0. The van der Waals surface area contributed by atoms with Crippen molar-refractivity contribution in [3.63, 3.8) is 0 Å². The van der Waals surface area contributed by atoms with Crippen LogP contribution in [0.4, 0.5) is 5.69 Å². The van der Waals surface area contributed by atoms with E-state index < -0.39 is 5.91 Å². The molecule has 2 rings (SSSR count). The zero-order valence-electron chi connectivity index (χ0n) is 13.0. The lowest BCUT2D eigenvalue weighted by Crippen LogP contribution is -2.35. The van der Waals surface area contributed by atoms with Crippen LogP contribution in [0.1, 0.15) is 23.7 Å². The van der Waals surface area contributed by atoms with Gasteiger partial charge in [0.2, 0.25) is 5.91 Å². The first kappa shape index (κ1) is 16.5. The highest BCUT2D eigenvalue weighted by molar-refractivity contribution is 5.92. The number of primary amides is 1. The number of carbonyl (C=O) groups excluding carboxylic acids is 2. The molecule has 0 aliphatic carbocycles. The van der Waals surface area contributed by atoms with Crippen molar-refractivity contribution in [2.45, 2.75) is 19.9 Å². The number of nitrogens with one attached hydrogen (secondary N) is 1. The van der Waals surface area contributed by atoms with E-state index in [2.05, 4.69) is 5.32 Å². The number of pyridine rings is 1. The number of carbonyl (C=O) groups is 2.